The van der Waals surface area contributed by atoms with Crippen molar-refractivity contribution in [2.45, 2.75) is 51.9 Å². The lowest BCUT2D eigenvalue weighted by Crippen LogP contribution is -1.89. The van der Waals surface area contributed by atoms with E-state index in [1.165, 1.54) is 38.5 Å². The van der Waals surface area contributed by atoms with Crippen LogP contribution in [0.4, 0.5) is 5.95 Å². The van der Waals surface area contributed by atoms with Crippen molar-refractivity contribution in [2.24, 2.45) is 0 Å². The molecule has 14 heavy (non-hydrogen) atoms. The third-order valence-electron chi connectivity index (χ3n) is 2.44. The van der Waals surface area contributed by atoms with E-state index in [0.717, 1.165) is 12.1 Å². The third-order valence-corrected chi connectivity index (χ3v) is 2.44. The largest absolute Gasteiger partial charge is 0.369 e. The van der Waals surface area contributed by atoms with Crippen LogP contribution in [-0.4, -0.2) is 9.97 Å². The highest BCUT2D eigenvalue weighted by molar-refractivity contribution is 5.18. The Hall–Kier alpha value is -0.990. The number of aryl methyl sites for hydroxylation is 1. The van der Waals surface area contributed by atoms with Gasteiger partial charge in [0.15, 0.2) is 5.95 Å². The molecule has 0 radical (unpaired) electrons. The predicted octanol–water partition coefficient (Wildman–Crippen LogP) is 2.89. The number of H-pyrrole nitrogens is 1. The highest BCUT2D eigenvalue weighted by atomic mass is 15.0. The Balaban J connectivity index is 1.99. The van der Waals surface area contributed by atoms with Gasteiger partial charge in [-0.3, -0.25) is 0 Å². The van der Waals surface area contributed by atoms with Gasteiger partial charge in [0.2, 0.25) is 0 Å². The molecule has 0 aliphatic rings. The number of imidazole rings is 1. The lowest BCUT2D eigenvalue weighted by molar-refractivity contribution is 0.605. The fraction of sp³-hybridized carbons (Fsp3) is 0.727. The topological polar surface area (TPSA) is 54.7 Å². The maximum atomic E-state index is 5.48. The van der Waals surface area contributed by atoms with Crippen LogP contribution in [0.2, 0.25) is 0 Å². The first-order chi connectivity index (χ1) is 6.83. The van der Waals surface area contributed by atoms with Gasteiger partial charge in [-0.25, -0.2) is 4.98 Å². The molecule has 0 saturated heterocycles. The molecule has 1 rings (SSSR count). The Morgan fingerprint density at radius 1 is 1.21 bits per heavy atom. The summed E-state index contributed by atoms with van der Waals surface area (Å²) < 4.78 is 0. The number of hydrogen-bond donors (Lipinski definition) is 2. The summed E-state index contributed by atoms with van der Waals surface area (Å²) in [5, 5.41) is 0. The fourth-order valence-electron chi connectivity index (χ4n) is 1.59. The quantitative estimate of drug-likeness (QED) is 0.657. The molecule has 0 aliphatic heterocycles. The van der Waals surface area contributed by atoms with Crippen LogP contribution in [0.25, 0.3) is 0 Å². The predicted molar refractivity (Wildman–Crippen MR) is 60.1 cm³/mol. The highest BCUT2D eigenvalue weighted by Crippen LogP contribution is 2.08. The third kappa shape index (κ3) is 4.30. The fourth-order valence-corrected chi connectivity index (χ4v) is 1.59. The minimum absolute atomic E-state index is 0.533. The van der Waals surface area contributed by atoms with E-state index in [9.17, 15) is 0 Å². The van der Waals surface area contributed by atoms with E-state index in [-0.39, 0.29) is 0 Å². The van der Waals surface area contributed by atoms with Crippen LogP contribution in [0.1, 0.15) is 51.1 Å². The van der Waals surface area contributed by atoms with Crippen molar-refractivity contribution in [3.05, 3.63) is 11.9 Å². The Bertz CT molecular complexity index is 242. The molecule has 0 fully saturated rings. The molecule has 3 nitrogen and oxygen atoms in total. The Morgan fingerprint density at radius 3 is 2.57 bits per heavy atom. The molecule has 0 bridgehead atoms. The summed E-state index contributed by atoms with van der Waals surface area (Å²) in [6.45, 7) is 2.24. The van der Waals surface area contributed by atoms with E-state index >= 15 is 0 Å². The minimum Gasteiger partial charge on any atom is -0.369 e. The maximum absolute atomic E-state index is 5.48. The SMILES string of the molecule is CCCCCCCCc1c[nH]c(N)n1. The van der Waals surface area contributed by atoms with Gasteiger partial charge in [0.25, 0.3) is 0 Å². The number of anilines is 1. The van der Waals surface area contributed by atoms with Crippen molar-refractivity contribution in [1.29, 1.82) is 0 Å². The standard InChI is InChI=1S/C11H21N3/c1-2-3-4-5-6-7-8-10-9-13-11(12)14-10/h9H,2-8H2,1H3,(H3,12,13,14). The zero-order valence-electron chi connectivity index (χ0n) is 9.05. The summed E-state index contributed by atoms with van der Waals surface area (Å²) in [6, 6.07) is 0. The van der Waals surface area contributed by atoms with Crippen molar-refractivity contribution in [1.82, 2.24) is 9.97 Å². The van der Waals surface area contributed by atoms with Crippen molar-refractivity contribution < 1.29 is 0 Å². The second-order valence-corrected chi connectivity index (χ2v) is 3.79. The first-order valence-corrected chi connectivity index (χ1v) is 5.62. The van der Waals surface area contributed by atoms with Crippen LogP contribution >= 0.6 is 0 Å². The number of aromatic amines is 1. The van der Waals surface area contributed by atoms with Crippen molar-refractivity contribution >= 4 is 5.95 Å². The average Bonchev–Trinajstić information content (AvgIpc) is 2.58. The zero-order chi connectivity index (χ0) is 10.2. The monoisotopic (exact) mass is 195 g/mol. The number of nitrogens with one attached hydrogen (secondary N) is 1. The van der Waals surface area contributed by atoms with Crippen LogP contribution < -0.4 is 5.73 Å². The van der Waals surface area contributed by atoms with Gasteiger partial charge in [-0.05, 0) is 12.8 Å². The molecule has 0 amide bonds. The van der Waals surface area contributed by atoms with Crippen LogP contribution in [0.3, 0.4) is 0 Å². The summed E-state index contributed by atoms with van der Waals surface area (Å²) in [6.07, 6.45) is 10.9. The molecular weight excluding hydrogens is 174 g/mol. The molecule has 1 aromatic heterocycles. The summed E-state index contributed by atoms with van der Waals surface area (Å²) in [5.74, 6) is 0.533. The van der Waals surface area contributed by atoms with E-state index in [1.807, 2.05) is 6.20 Å². The Kier molecular flexibility index (Phi) is 5.12. The van der Waals surface area contributed by atoms with Gasteiger partial charge in [-0.1, -0.05) is 39.0 Å². The molecule has 1 heterocycles. The Labute approximate surface area is 86.1 Å². The van der Waals surface area contributed by atoms with Crippen LogP contribution in [0.15, 0.2) is 6.20 Å². The van der Waals surface area contributed by atoms with Gasteiger partial charge in [0.1, 0.15) is 0 Å². The molecule has 0 unspecified atom stereocenters. The first-order valence-electron chi connectivity index (χ1n) is 5.62. The molecular formula is C11H21N3. The van der Waals surface area contributed by atoms with Crippen molar-refractivity contribution in [2.75, 3.05) is 5.73 Å². The lowest BCUT2D eigenvalue weighted by atomic mass is 10.1. The summed E-state index contributed by atoms with van der Waals surface area (Å²) in [7, 11) is 0. The van der Waals surface area contributed by atoms with E-state index in [0.29, 0.717) is 5.95 Å². The van der Waals surface area contributed by atoms with Gasteiger partial charge in [-0.15, -0.1) is 0 Å². The Morgan fingerprint density at radius 2 is 1.93 bits per heavy atom. The minimum atomic E-state index is 0.533. The molecule has 0 spiro atoms. The van der Waals surface area contributed by atoms with Gasteiger partial charge in [0.05, 0.1) is 5.69 Å². The molecule has 0 aliphatic carbocycles. The average molecular weight is 195 g/mol. The molecule has 80 valence electrons. The molecule has 3 heteroatoms. The maximum Gasteiger partial charge on any atom is 0.197 e. The van der Waals surface area contributed by atoms with E-state index < -0.39 is 0 Å². The number of hydrogen-bond acceptors (Lipinski definition) is 2. The molecule has 0 aromatic carbocycles. The number of nitrogen functional groups attached to an aromatic ring is 1. The van der Waals surface area contributed by atoms with E-state index in [4.69, 9.17) is 5.73 Å². The summed E-state index contributed by atoms with van der Waals surface area (Å²) >= 11 is 0. The molecule has 0 saturated carbocycles. The van der Waals surface area contributed by atoms with Crippen LogP contribution in [0.5, 0.6) is 0 Å². The van der Waals surface area contributed by atoms with Gasteiger partial charge < -0.3 is 10.7 Å². The number of nitrogens with two attached hydrogens (primary N) is 1. The summed E-state index contributed by atoms with van der Waals surface area (Å²) in [4.78, 5) is 7.06. The summed E-state index contributed by atoms with van der Waals surface area (Å²) in [5.41, 5.74) is 6.58. The van der Waals surface area contributed by atoms with Gasteiger partial charge in [-0.2, -0.15) is 0 Å². The number of aromatic nitrogens is 2. The van der Waals surface area contributed by atoms with E-state index in [1.54, 1.807) is 0 Å². The normalized spacial score (nSPS) is 10.6. The molecule has 3 N–H and O–H groups in total. The smallest absolute Gasteiger partial charge is 0.197 e. The van der Waals surface area contributed by atoms with Crippen molar-refractivity contribution in [3.8, 4) is 0 Å². The highest BCUT2D eigenvalue weighted by Gasteiger charge is 1.97. The molecule has 0 atom stereocenters. The van der Waals surface area contributed by atoms with Gasteiger partial charge >= 0.3 is 0 Å². The van der Waals surface area contributed by atoms with Crippen LogP contribution in [0, 0.1) is 0 Å². The lowest BCUT2D eigenvalue weighted by Gasteiger charge is -1.98. The second kappa shape index (κ2) is 6.46. The van der Waals surface area contributed by atoms with Crippen LogP contribution in [-0.2, 0) is 6.42 Å². The van der Waals surface area contributed by atoms with Gasteiger partial charge in [0, 0.05) is 6.20 Å². The number of rotatable bonds is 7. The zero-order valence-corrected chi connectivity index (χ0v) is 9.05. The second-order valence-electron chi connectivity index (χ2n) is 3.79. The number of unbranched alkanes of at least 4 members (excludes halogenated alkanes) is 5. The first kappa shape index (κ1) is 11.1. The molecule has 1 aromatic rings. The van der Waals surface area contributed by atoms with Crippen molar-refractivity contribution in [3.63, 3.8) is 0 Å². The van der Waals surface area contributed by atoms with E-state index in [2.05, 4.69) is 16.9 Å². The number of nitrogens with zero attached hydrogens (tertiary/aromatic N) is 1.